The van der Waals surface area contributed by atoms with E-state index in [0.29, 0.717) is 23.4 Å². The van der Waals surface area contributed by atoms with Gasteiger partial charge in [-0.05, 0) is 37.1 Å². The monoisotopic (exact) mass is 350 g/mol. The molecular formula is C16H18N2O5S. The first kappa shape index (κ1) is 15.6. The topological polar surface area (TPSA) is 105 Å². The maximum Gasteiger partial charge on any atom is 0.310 e. The number of carboxylic acid groups (broad SMARTS) is 1. The van der Waals surface area contributed by atoms with E-state index in [0.717, 1.165) is 12.8 Å². The molecule has 0 radical (unpaired) electrons. The van der Waals surface area contributed by atoms with Crippen LogP contribution < -0.4 is 10.6 Å². The zero-order valence-electron chi connectivity index (χ0n) is 12.9. The number of hydrogen-bond donors (Lipinski definition) is 3. The zero-order valence-corrected chi connectivity index (χ0v) is 13.7. The molecule has 4 atom stereocenters. The molecular weight excluding hydrogens is 332 g/mol. The Morgan fingerprint density at radius 1 is 1.12 bits per heavy atom. The summed E-state index contributed by atoms with van der Waals surface area (Å²) >= 11 is 1.26. The molecule has 3 aliphatic rings. The van der Waals surface area contributed by atoms with Crippen LogP contribution in [-0.4, -0.2) is 41.1 Å². The predicted octanol–water partition coefficient (Wildman–Crippen LogP) is 1.46. The van der Waals surface area contributed by atoms with E-state index in [-0.39, 0.29) is 30.1 Å². The van der Waals surface area contributed by atoms with Crippen LogP contribution in [0.25, 0.3) is 0 Å². The summed E-state index contributed by atoms with van der Waals surface area (Å²) < 4.78 is 5.62. The van der Waals surface area contributed by atoms with Crippen molar-refractivity contribution in [2.24, 2.45) is 11.8 Å². The van der Waals surface area contributed by atoms with Crippen LogP contribution in [0.3, 0.4) is 0 Å². The lowest BCUT2D eigenvalue weighted by atomic mass is 9.79. The van der Waals surface area contributed by atoms with Crippen LogP contribution in [0.2, 0.25) is 0 Å². The van der Waals surface area contributed by atoms with Crippen molar-refractivity contribution < 1.29 is 24.2 Å². The van der Waals surface area contributed by atoms with E-state index >= 15 is 0 Å². The van der Waals surface area contributed by atoms with Crippen LogP contribution in [-0.2, 0) is 14.3 Å². The highest BCUT2D eigenvalue weighted by Crippen LogP contribution is 2.44. The summed E-state index contributed by atoms with van der Waals surface area (Å²) in [6, 6.07) is 1.90. The minimum absolute atomic E-state index is 0.201. The average Bonchev–Trinajstić information content (AvgIpc) is 2.98. The molecule has 2 amide bonds. The van der Waals surface area contributed by atoms with Gasteiger partial charge < -0.3 is 20.5 Å². The fraction of sp³-hybridized carbons (Fsp3) is 0.562. The molecule has 128 valence electrons. The molecule has 3 N–H and O–H groups in total. The first-order chi connectivity index (χ1) is 11.5. The largest absolute Gasteiger partial charge is 0.481 e. The Balaban J connectivity index is 1.49. The highest BCUT2D eigenvalue weighted by atomic mass is 32.1. The third kappa shape index (κ3) is 2.69. The highest BCUT2D eigenvalue weighted by Gasteiger charge is 2.55. The number of aliphatic carboxylic acids is 1. The van der Waals surface area contributed by atoms with E-state index in [1.165, 1.54) is 11.3 Å². The van der Waals surface area contributed by atoms with Gasteiger partial charge in [-0.15, -0.1) is 11.3 Å². The summed E-state index contributed by atoms with van der Waals surface area (Å²) in [5, 5.41) is 17.3. The molecule has 1 aromatic heterocycles. The van der Waals surface area contributed by atoms with Crippen molar-refractivity contribution in [1.29, 1.82) is 0 Å². The molecule has 2 saturated heterocycles. The highest BCUT2D eigenvalue weighted by molar-refractivity contribution is 7.14. The van der Waals surface area contributed by atoms with Crippen LogP contribution in [0.5, 0.6) is 0 Å². The van der Waals surface area contributed by atoms with Crippen LogP contribution >= 0.6 is 11.3 Å². The van der Waals surface area contributed by atoms with Gasteiger partial charge in [0.25, 0.3) is 5.91 Å². The number of carboxylic acids is 1. The molecule has 1 aliphatic carbocycles. The maximum absolute atomic E-state index is 12.6. The molecule has 0 spiro atoms. The fourth-order valence-corrected chi connectivity index (χ4v) is 4.38. The SMILES string of the molecule is O=C(NC1CC1)c1ccsc1NC(=O)C1C2CCC(O2)C1C(=O)O. The summed E-state index contributed by atoms with van der Waals surface area (Å²) in [7, 11) is 0. The van der Waals surface area contributed by atoms with Crippen molar-refractivity contribution >= 4 is 34.1 Å². The minimum Gasteiger partial charge on any atom is -0.481 e. The lowest BCUT2D eigenvalue weighted by molar-refractivity contribution is -0.147. The van der Waals surface area contributed by atoms with Gasteiger partial charge in [0.1, 0.15) is 5.00 Å². The normalized spacial score (nSPS) is 31.0. The van der Waals surface area contributed by atoms with E-state index in [2.05, 4.69) is 10.6 Å². The van der Waals surface area contributed by atoms with Gasteiger partial charge in [0.15, 0.2) is 0 Å². The Morgan fingerprint density at radius 2 is 1.83 bits per heavy atom. The predicted molar refractivity (Wildman–Crippen MR) is 85.9 cm³/mol. The van der Waals surface area contributed by atoms with Gasteiger partial charge in [-0.1, -0.05) is 0 Å². The summed E-state index contributed by atoms with van der Waals surface area (Å²) in [5.74, 6) is -3.10. The molecule has 2 aliphatic heterocycles. The number of anilines is 1. The van der Waals surface area contributed by atoms with E-state index in [1.807, 2.05) is 0 Å². The summed E-state index contributed by atoms with van der Waals surface area (Å²) in [5.41, 5.74) is 0.427. The van der Waals surface area contributed by atoms with E-state index in [1.54, 1.807) is 11.4 Å². The van der Waals surface area contributed by atoms with Crippen LogP contribution in [0, 0.1) is 11.8 Å². The third-order valence-corrected chi connectivity index (χ3v) is 5.75. The molecule has 0 aromatic carbocycles. The first-order valence-corrected chi connectivity index (χ1v) is 9.00. The average molecular weight is 350 g/mol. The molecule has 3 fully saturated rings. The molecule has 3 heterocycles. The smallest absolute Gasteiger partial charge is 0.310 e. The van der Waals surface area contributed by atoms with E-state index < -0.39 is 17.8 Å². The van der Waals surface area contributed by atoms with Gasteiger partial charge in [-0.3, -0.25) is 14.4 Å². The third-order valence-electron chi connectivity index (χ3n) is 4.92. The Morgan fingerprint density at radius 3 is 2.50 bits per heavy atom. The van der Waals surface area contributed by atoms with Crippen molar-refractivity contribution in [3.8, 4) is 0 Å². The Labute approximate surface area is 142 Å². The summed E-state index contributed by atoms with van der Waals surface area (Å²) in [6.07, 6.45) is 2.62. The Bertz CT molecular complexity index is 698. The van der Waals surface area contributed by atoms with Crippen molar-refractivity contribution in [3.05, 3.63) is 17.0 Å². The number of rotatable bonds is 5. The standard InChI is InChI=1S/C16H18N2O5S/c19-13(17-7-1-2-7)8-5-6-24-15(8)18-14(20)11-9-3-4-10(23-9)12(11)16(21)22/h5-7,9-12H,1-4H2,(H,17,19)(H,18,20)(H,21,22). The van der Waals surface area contributed by atoms with Crippen molar-refractivity contribution in [3.63, 3.8) is 0 Å². The second-order valence-corrected chi connectivity index (χ2v) is 7.50. The number of ether oxygens (including phenoxy) is 1. The fourth-order valence-electron chi connectivity index (χ4n) is 3.60. The number of fused-ring (bicyclic) bond motifs is 2. The van der Waals surface area contributed by atoms with Gasteiger partial charge in [0, 0.05) is 6.04 Å². The second kappa shape index (κ2) is 5.86. The number of carbonyl (C=O) groups excluding carboxylic acids is 2. The molecule has 4 rings (SSSR count). The Kier molecular flexibility index (Phi) is 3.80. The van der Waals surface area contributed by atoms with E-state index in [4.69, 9.17) is 4.74 Å². The summed E-state index contributed by atoms with van der Waals surface area (Å²) in [4.78, 5) is 36.3. The van der Waals surface area contributed by atoms with Crippen molar-refractivity contribution in [2.75, 3.05) is 5.32 Å². The number of amides is 2. The van der Waals surface area contributed by atoms with Crippen LogP contribution in [0.4, 0.5) is 5.00 Å². The van der Waals surface area contributed by atoms with Crippen molar-refractivity contribution in [1.82, 2.24) is 5.32 Å². The number of hydrogen-bond acceptors (Lipinski definition) is 5. The molecule has 7 nitrogen and oxygen atoms in total. The number of thiophene rings is 1. The molecule has 1 saturated carbocycles. The quantitative estimate of drug-likeness (QED) is 0.746. The second-order valence-electron chi connectivity index (χ2n) is 6.58. The summed E-state index contributed by atoms with van der Waals surface area (Å²) in [6.45, 7) is 0. The first-order valence-electron chi connectivity index (χ1n) is 8.12. The van der Waals surface area contributed by atoms with Crippen LogP contribution in [0.1, 0.15) is 36.0 Å². The number of carbonyl (C=O) groups is 3. The van der Waals surface area contributed by atoms with Crippen molar-refractivity contribution in [2.45, 2.75) is 43.9 Å². The number of nitrogens with one attached hydrogen (secondary N) is 2. The van der Waals surface area contributed by atoms with Gasteiger partial charge in [0.2, 0.25) is 5.91 Å². The molecule has 8 heteroatoms. The lowest BCUT2D eigenvalue weighted by Gasteiger charge is -2.23. The van der Waals surface area contributed by atoms with E-state index in [9.17, 15) is 19.5 Å². The van der Waals surface area contributed by atoms with Gasteiger partial charge in [-0.25, -0.2) is 0 Å². The van der Waals surface area contributed by atoms with Gasteiger partial charge >= 0.3 is 5.97 Å². The lowest BCUT2D eigenvalue weighted by Crippen LogP contribution is -2.41. The van der Waals surface area contributed by atoms with Gasteiger partial charge in [-0.2, -0.15) is 0 Å². The minimum atomic E-state index is -1.000. The molecule has 24 heavy (non-hydrogen) atoms. The Hall–Kier alpha value is -1.93. The zero-order chi connectivity index (χ0) is 16.8. The van der Waals surface area contributed by atoms with Crippen LogP contribution in [0.15, 0.2) is 11.4 Å². The van der Waals surface area contributed by atoms with Gasteiger partial charge in [0.05, 0.1) is 29.6 Å². The molecule has 4 unspecified atom stereocenters. The maximum atomic E-state index is 12.6. The molecule has 2 bridgehead atoms. The molecule has 1 aromatic rings.